The molecule has 0 bridgehead atoms. The Bertz CT molecular complexity index is 867. The number of anilines is 1. The monoisotopic (exact) mass is 405 g/mol. The van der Waals surface area contributed by atoms with Crippen LogP contribution in [0.5, 0.6) is 11.5 Å². The van der Waals surface area contributed by atoms with Gasteiger partial charge in [0, 0.05) is 27.2 Å². The van der Waals surface area contributed by atoms with Crippen molar-refractivity contribution in [2.75, 3.05) is 12.1 Å². The molecule has 1 aliphatic heterocycles. The number of carbonyl (C=O) groups is 1. The van der Waals surface area contributed by atoms with E-state index in [1.165, 1.54) is 0 Å². The predicted octanol–water partition coefficient (Wildman–Crippen LogP) is 6.04. The first kappa shape index (κ1) is 19.9. The first-order valence-corrected chi connectivity index (χ1v) is 10.3. The summed E-state index contributed by atoms with van der Waals surface area (Å²) in [5.74, 6) is 2.09. The second-order valence-corrected chi connectivity index (χ2v) is 8.62. The van der Waals surface area contributed by atoms with E-state index in [4.69, 9.17) is 21.1 Å². The molecule has 0 fully saturated rings. The number of halogens is 1. The zero-order chi connectivity index (χ0) is 19.6. The Balaban J connectivity index is 1.80. The van der Waals surface area contributed by atoms with Gasteiger partial charge >= 0.3 is 0 Å². The van der Waals surface area contributed by atoms with E-state index in [9.17, 15) is 4.79 Å². The highest BCUT2D eigenvalue weighted by molar-refractivity contribution is 7.98. The van der Waals surface area contributed by atoms with Crippen LogP contribution < -0.4 is 14.8 Å². The smallest absolute Gasteiger partial charge is 0.231 e. The summed E-state index contributed by atoms with van der Waals surface area (Å²) in [5, 5.41) is 3.75. The lowest BCUT2D eigenvalue weighted by atomic mass is 9.89. The molecule has 144 valence electrons. The number of hydrogen-bond acceptors (Lipinski definition) is 4. The number of ether oxygens (including phenoxy) is 2. The van der Waals surface area contributed by atoms with Crippen LogP contribution in [0.15, 0.2) is 35.2 Å². The highest BCUT2D eigenvalue weighted by Crippen LogP contribution is 2.40. The Labute approximate surface area is 169 Å². The summed E-state index contributed by atoms with van der Waals surface area (Å²) in [6.07, 6.45) is 0.778. The third-order valence-electron chi connectivity index (χ3n) is 4.87. The topological polar surface area (TPSA) is 47.6 Å². The summed E-state index contributed by atoms with van der Waals surface area (Å²) >= 11 is 8.05. The zero-order valence-electron chi connectivity index (χ0n) is 16.0. The lowest BCUT2D eigenvalue weighted by molar-refractivity contribution is -0.124. The maximum Gasteiger partial charge on any atom is 0.231 e. The fourth-order valence-corrected chi connectivity index (χ4v) is 4.02. The molecule has 4 nitrogen and oxygen atoms in total. The number of nitrogens with one attached hydrogen (secondary N) is 1. The summed E-state index contributed by atoms with van der Waals surface area (Å²) in [7, 11) is 0. The minimum atomic E-state index is -0.410. The Hall–Kier alpha value is -1.85. The Morgan fingerprint density at radius 3 is 2.67 bits per heavy atom. The van der Waals surface area contributed by atoms with E-state index < -0.39 is 5.41 Å². The summed E-state index contributed by atoms with van der Waals surface area (Å²) in [4.78, 5) is 13.7. The van der Waals surface area contributed by atoms with Gasteiger partial charge in [-0.1, -0.05) is 44.5 Å². The van der Waals surface area contributed by atoms with Crippen molar-refractivity contribution in [1.29, 1.82) is 0 Å². The molecule has 0 aliphatic carbocycles. The van der Waals surface area contributed by atoms with Crippen LogP contribution in [0.3, 0.4) is 0 Å². The standard InChI is InChI=1S/C21H24ClNO3S/c1-5-21(3,4)20(24)23-16-8-6-7-13(2)19(16)27-11-14-9-17-18(10-15(14)22)26-12-25-17/h6-10H,5,11-12H2,1-4H3,(H,23,24). The summed E-state index contributed by atoms with van der Waals surface area (Å²) in [6, 6.07) is 9.67. The summed E-state index contributed by atoms with van der Waals surface area (Å²) < 4.78 is 10.8. The van der Waals surface area contributed by atoms with Crippen molar-refractivity contribution in [3.05, 3.63) is 46.5 Å². The second-order valence-electron chi connectivity index (χ2n) is 7.23. The van der Waals surface area contributed by atoms with Crippen LogP contribution >= 0.6 is 23.4 Å². The third-order valence-corrected chi connectivity index (χ3v) is 6.51. The van der Waals surface area contributed by atoms with E-state index in [-0.39, 0.29) is 12.7 Å². The van der Waals surface area contributed by atoms with Gasteiger partial charge in [-0.15, -0.1) is 11.8 Å². The second kappa shape index (κ2) is 8.03. The molecule has 0 unspecified atom stereocenters. The van der Waals surface area contributed by atoms with Crippen molar-refractivity contribution < 1.29 is 14.3 Å². The summed E-state index contributed by atoms with van der Waals surface area (Å²) in [5.41, 5.74) is 2.51. The van der Waals surface area contributed by atoms with Crippen LogP contribution in [0.4, 0.5) is 5.69 Å². The fraction of sp³-hybridized carbons (Fsp3) is 0.381. The Morgan fingerprint density at radius 1 is 1.26 bits per heavy atom. The van der Waals surface area contributed by atoms with Crippen LogP contribution in [-0.4, -0.2) is 12.7 Å². The van der Waals surface area contributed by atoms with Crippen LogP contribution in [0.25, 0.3) is 0 Å². The van der Waals surface area contributed by atoms with Crippen molar-refractivity contribution in [3.8, 4) is 11.5 Å². The molecule has 1 N–H and O–H groups in total. The molecule has 2 aromatic rings. The van der Waals surface area contributed by atoms with Gasteiger partial charge in [-0.2, -0.15) is 0 Å². The van der Waals surface area contributed by atoms with Gasteiger partial charge in [0.25, 0.3) is 0 Å². The highest BCUT2D eigenvalue weighted by Gasteiger charge is 2.26. The molecule has 0 spiro atoms. The van der Waals surface area contributed by atoms with Crippen LogP contribution in [0.1, 0.15) is 38.3 Å². The van der Waals surface area contributed by atoms with E-state index >= 15 is 0 Å². The number of benzene rings is 2. The Morgan fingerprint density at radius 2 is 1.96 bits per heavy atom. The largest absolute Gasteiger partial charge is 0.454 e. The lowest BCUT2D eigenvalue weighted by Crippen LogP contribution is -2.30. The van der Waals surface area contributed by atoms with Gasteiger partial charge in [-0.05, 0) is 36.6 Å². The van der Waals surface area contributed by atoms with Gasteiger partial charge in [0.15, 0.2) is 11.5 Å². The minimum Gasteiger partial charge on any atom is -0.454 e. The van der Waals surface area contributed by atoms with Crippen molar-refractivity contribution in [2.45, 2.75) is 44.8 Å². The molecular formula is C21H24ClNO3S. The van der Waals surface area contributed by atoms with E-state index in [0.717, 1.165) is 33.9 Å². The fourth-order valence-electron chi connectivity index (χ4n) is 2.61. The van der Waals surface area contributed by atoms with Crippen LogP contribution in [0.2, 0.25) is 5.02 Å². The molecule has 3 rings (SSSR count). The molecule has 0 atom stereocenters. The van der Waals surface area contributed by atoms with Gasteiger partial charge in [0.05, 0.1) is 5.69 Å². The van der Waals surface area contributed by atoms with Crippen LogP contribution in [-0.2, 0) is 10.5 Å². The quantitative estimate of drug-likeness (QED) is 0.595. The van der Waals surface area contributed by atoms with E-state index in [0.29, 0.717) is 16.5 Å². The zero-order valence-corrected chi connectivity index (χ0v) is 17.6. The van der Waals surface area contributed by atoms with Gasteiger partial charge in [-0.3, -0.25) is 4.79 Å². The highest BCUT2D eigenvalue weighted by atomic mass is 35.5. The first-order chi connectivity index (χ1) is 12.8. The first-order valence-electron chi connectivity index (χ1n) is 8.93. The van der Waals surface area contributed by atoms with Crippen molar-refractivity contribution in [3.63, 3.8) is 0 Å². The number of aryl methyl sites for hydroxylation is 1. The normalized spacial score (nSPS) is 12.9. The Kier molecular flexibility index (Phi) is 5.92. The molecule has 1 heterocycles. The van der Waals surface area contributed by atoms with E-state index in [1.54, 1.807) is 17.8 Å². The third kappa shape index (κ3) is 4.36. The van der Waals surface area contributed by atoms with Crippen molar-refractivity contribution in [1.82, 2.24) is 0 Å². The van der Waals surface area contributed by atoms with Gasteiger partial charge < -0.3 is 14.8 Å². The lowest BCUT2D eigenvalue weighted by Gasteiger charge is -2.23. The number of fused-ring (bicyclic) bond motifs is 1. The number of carbonyl (C=O) groups excluding carboxylic acids is 1. The average molecular weight is 406 g/mol. The number of rotatable bonds is 6. The SMILES string of the molecule is CCC(C)(C)C(=O)Nc1cccc(C)c1SCc1cc2c(cc1Cl)OCO2. The maximum atomic E-state index is 12.6. The molecular weight excluding hydrogens is 382 g/mol. The maximum absolute atomic E-state index is 12.6. The van der Waals surface area contributed by atoms with E-state index in [2.05, 4.69) is 5.32 Å². The van der Waals surface area contributed by atoms with Gasteiger partial charge in [0.1, 0.15) is 0 Å². The van der Waals surface area contributed by atoms with E-state index in [1.807, 2.05) is 52.0 Å². The molecule has 0 radical (unpaired) electrons. The summed E-state index contributed by atoms with van der Waals surface area (Å²) in [6.45, 7) is 8.20. The van der Waals surface area contributed by atoms with Gasteiger partial charge in [0.2, 0.25) is 12.7 Å². The number of hydrogen-bond donors (Lipinski definition) is 1. The molecule has 2 aromatic carbocycles. The minimum absolute atomic E-state index is 0.0264. The van der Waals surface area contributed by atoms with Crippen molar-refractivity contribution >= 4 is 35.0 Å². The number of amides is 1. The van der Waals surface area contributed by atoms with Crippen LogP contribution in [0, 0.1) is 12.3 Å². The van der Waals surface area contributed by atoms with Crippen molar-refractivity contribution in [2.24, 2.45) is 5.41 Å². The molecule has 6 heteroatoms. The molecule has 0 aromatic heterocycles. The average Bonchev–Trinajstić information content (AvgIpc) is 3.08. The van der Waals surface area contributed by atoms with Gasteiger partial charge in [-0.25, -0.2) is 0 Å². The molecule has 0 saturated heterocycles. The molecule has 27 heavy (non-hydrogen) atoms. The molecule has 1 aliphatic rings. The number of thioether (sulfide) groups is 1. The molecule has 0 saturated carbocycles. The predicted molar refractivity (Wildman–Crippen MR) is 111 cm³/mol. The molecule has 1 amide bonds.